The summed E-state index contributed by atoms with van der Waals surface area (Å²) in [4.78, 5) is 14.8. The molecule has 0 saturated carbocycles. The van der Waals surface area contributed by atoms with E-state index in [2.05, 4.69) is 10.3 Å². The van der Waals surface area contributed by atoms with Crippen molar-refractivity contribution in [1.82, 2.24) is 10.3 Å². The first kappa shape index (κ1) is 12.9. The Morgan fingerprint density at radius 1 is 1.21 bits per heavy atom. The second kappa shape index (κ2) is 5.86. The molecule has 5 heteroatoms. The number of carbonyl (C=O) groups is 1. The molecular formula is C14H15N3O2. The zero-order chi connectivity index (χ0) is 13.7. The summed E-state index contributed by atoms with van der Waals surface area (Å²) in [5, 5.41) is 2.55. The summed E-state index contributed by atoms with van der Waals surface area (Å²) in [6, 6.07) is 11.1. The molecule has 3 N–H and O–H groups in total. The van der Waals surface area contributed by atoms with Gasteiger partial charge in [0.2, 0.25) is 5.88 Å². The van der Waals surface area contributed by atoms with Crippen LogP contribution in [0.2, 0.25) is 0 Å². The molecule has 1 aromatic carbocycles. The number of hydrogen-bond acceptors (Lipinski definition) is 3. The van der Waals surface area contributed by atoms with Gasteiger partial charge in [0.05, 0.1) is 7.11 Å². The number of primary amides is 1. The van der Waals surface area contributed by atoms with E-state index in [1.165, 1.54) is 0 Å². The van der Waals surface area contributed by atoms with Gasteiger partial charge < -0.3 is 15.8 Å². The Bertz CT molecular complexity index is 550. The van der Waals surface area contributed by atoms with Crippen molar-refractivity contribution in [3.8, 4) is 17.0 Å². The van der Waals surface area contributed by atoms with E-state index in [9.17, 15) is 4.79 Å². The first-order valence-corrected chi connectivity index (χ1v) is 5.81. The lowest BCUT2D eigenvalue weighted by molar-refractivity contribution is 0.248. The van der Waals surface area contributed by atoms with Crippen molar-refractivity contribution >= 4 is 6.03 Å². The fourth-order valence-corrected chi connectivity index (χ4v) is 1.68. The van der Waals surface area contributed by atoms with Crippen LogP contribution in [-0.4, -0.2) is 18.1 Å². The maximum atomic E-state index is 10.6. The topological polar surface area (TPSA) is 77.2 Å². The Hall–Kier alpha value is -2.56. The first-order valence-electron chi connectivity index (χ1n) is 5.81. The van der Waals surface area contributed by atoms with Crippen molar-refractivity contribution in [2.24, 2.45) is 5.73 Å². The Balaban J connectivity index is 2.10. The number of rotatable bonds is 4. The lowest BCUT2D eigenvalue weighted by atomic mass is 10.1. The SMILES string of the molecule is COc1ccc(-c2ccc(CNC(N)=O)cc2)cn1. The minimum Gasteiger partial charge on any atom is -0.481 e. The summed E-state index contributed by atoms with van der Waals surface area (Å²) < 4.78 is 5.02. The van der Waals surface area contributed by atoms with Crippen molar-refractivity contribution in [2.45, 2.75) is 6.54 Å². The van der Waals surface area contributed by atoms with Crippen LogP contribution in [0.1, 0.15) is 5.56 Å². The second-order valence-electron chi connectivity index (χ2n) is 4.00. The van der Waals surface area contributed by atoms with E-state index in [1.807, 2.05) is 36.4 Å². The quantitative estimate of drug-likeness (QED) is 0.878. The van der Waals surface area contributed by atoms with Gasteiger partial charge in [-0.05, 0) is 17.2 Å². The van der Waals surface area contributed by atoms with Crippen molar-refractivity contribution < 1.29 is 9.53 Å². The molecule has 1 aromatic heterocycles. The average molecular weight is 257 g/mol. The first-order chi connectivity index (χ1) is 9.19. The number of nitrogens with two attached hydrogens (primary N) is 1. The fraction of sp³-hybridized carbons (Fsp3) is 0.143. The van der Waals surface area contributed by atoms with Gasteiger partial charge in [-0.2, -0.15) is 0 Å². The molecule has 0 radical (unpaired) electrons. The number of benzene rings is 1. The molecule has 0 saturated heterocycles. The number of nitrogens with one attached hydrogen (secondary N) is 1. The molecule has 2 amide bonds. The Kier molecular flexibility index (Phi) is 3.97. The molecule has 0 aliphatic rings. The summed E-state index contributed by atoms with van der Waals surface area (Å²) in [6.45, 7) is 0.427. The van der Waals surface area contributed by atoms with Gasteiger partial charge in [0.15, 0.2) is 0 Å². The van der Waals surface area contributed by atoms with Crippen molar-refractivity contribution in [3.63, 3.8) is 0 Å². The number of amides is 2. The van der Waals surface area contributed by atoms with Crippen LogP contribution in [0.3, 0.4) is 0 Å². The summed E-state index contributed by atoms with van der Waals surface area (Å²) in [5.41, 5.74) is 8.07. The zero-order valence-electron chi connectivity index (χ0n) is 10.6. The Morgan fingerprint density at radius 2 is 1.89 bits per heavy atom. The van der Waals surface area contributed by atoms with Gasteiger partial charge in [-0.3, -0.25) is 0 Å². The Morgan fingerprint density at radius 3 is 2.42 bits per heavy atom. The van der Waals surface area contributed by atoms with Gasteiger partial charge in [0.25, 0.3) is 0 Å². The number of methoxy groups -OCH3 is 1. The molecule has 19 heavy (non-hydrogen) atoms. The summed E-state index contributed by atoms with van der Waals surface area (Å²) in [5.74, 6) is 0.589. The number of pyridine rings is 1. The van der Waals surface area contributed by atoms with E-state index < -0.39 is 6.03 Å². The molecule has 0 unspecified atom stereocenters. The molecule has 0 fully saturated rings. The van der Waals surface area contributed by atoms with E-state index in [1.54, 1.807) is 13.3 Å². The molecule has 0 bridgehead atoms. The molecule has 5 nitrogen and oxygen atoms in total. The fourth-order valence-electron chi connectivity index (χ4n) is 1.68. The highest BCUT2D eigenvalue weighted by atomic mass is 16.5. The van der Waals surface area contributed by atoms with Crippen LogP contribution in [0.15, 0.2) is 42.6 Å². The third-order valence-corrected chi connectivity index (χ3v) is 2.70. The standard InChI is InChI=1S/C14H15N3O2/c1-19-13-7-6-12(9-16-13)11-4-2-10(3-5-11)8-17-14(15)18/h2-7,9H,8H2,1H3,(H3,15,17,18). The van der Waals surface area contributed by atoms with Crippen molar-refractivity contribution in [1.29, 1.82) is 0 Å². The van der Waals surface area contributed by atoms with Crippen molar-refractivity contribution in [2.75, 3.05) is 7.11 Å². The number of urea groups is 1. The lowest BCUT2D eigenvalue weighted by Gasteiger charge is -2.05. The maximum absolute atomic E-state index is 10.6. The van der Waals surface area contributed by atoms with Gasteiger partial charge in [0, 0.05) is 24.4 Å². The van der Waals surface area contributed by atoms with E-state index in [4.69, 9.17) is 10.5 Å². The van der Waals surface area contributed by atoms with E-state index >= 15 is 0 Å². The summed E-state index contributed by atoms with van der Waals surface area (Å²) in [6.07, 6.45) is 1.76. The Labute approximate surface area is 111 Å². The minimum atomic E-state index is -0.525. The number of aromatic nitrogens is 1. The maximum Gasteiger partial charge on any atom is 0.312 e. The van der Waals surface area contributed by atoms with Gasteiger partial charge >= 0.3 is 6.03 Å². The van der Waals surface area contributed by atoms with Crippen LogP contribution in [0.25, 0.3) is 11.1 Å². The number of hydrogen-bond donors (Lipinski definition) is 2. The van der Waals surface area contributed by atoms with Crippen LogP contribution >= 0.6 is 0 Å². The molecule has 2 aromatic rings. The van der Waals surface area contributed by atoms with Crippen LogP contribution in [0, 0.1) is 0 Å². The van der Waals surface area contributed by atoms with Crippen LogP contribution in [0.4, 0.5) is 4.79 Å². The third kappa shape index (κ3) is 3.45. The molecule has 2 rings (SSSR count). The lowest BCUT2D eigenvalue weighted by Crippen LogP contribution is -2.28. The van der Waals surface area contributed by atoms with Gasteiger partial charge in [-0.15, -0.1) is 0 Å². The highest BCUT2D eigenvalue weighted by Gasteiger charge is 2.00. The molecule has 0 spiro atoms. The predicted molar refractivity (Wildman–Crippen MR) is 72.6 cm³/mol. The van der Waals surface area contributed by atoms with Crippen LogP contribution in [-0.2, 0) is 6.54 Å². The average Bonchev–Trinajstić information content (AvgIpc) is 2.46. The highest BCUT2D eigenvalue weighted by Crippen LogP contribution is 2.20. The predicted octanol–water partition coefficient (Wildman–Crippen LogP) is 1.93. The normalized spacial score (nSPS) is 9.95. The van der Waals surface area contributed by atoms with E-state index in [0.717, 1.165) is 16.7 Å². The van der Waals surface area contributed by atoms with Gasteiger partial charge in [-0.25, -0.2) is 9.78 Å². The van der Waals surface area contributed by atoms with E-state index in [-0.39, 0.29) is 0 Å². The van der Waals surface area contributed by atoms with Crippen LogP contribution < -0.4 is 15.8 Å². The molecule has 0 aliphatic carbocycles. The summed E-state index contributed by atoms with van der Waals surface area (Å²) in [7, 11) is 1.59. The second-order valence-corrected chi connectivity index (χ2v) is 4.00. The van der Waals surface area contributed by atoms with Crippen LogP contribution in [0.5, 0.6) is 5.88 Å². The molecule has 0 atom stereocenters. The van der Waals surface area contributed by atoms with Gasteiger partial charge in [0.1, 0.15) is 0 Å². The molecular weight excluding hydrogens is 242 g/mol. The molecule has 98 valence electrons. The minimum absolute atomic E-state index is 0.427. The highest BCUT2D eigenvalue weighted by molar-refractivity contribution is 5.71. The van der Waals surface area contributed by atoms with E-state index in [0.29, 0.717) is 12.4 Å². The summed E-state index contributed by atoms with van der Waals surface area (Å²) >= 11 is 0. The molecule has 0 aliphatic heterocycles. The smallest absolute Gasteiger partial charge is 0.312 e. The number of nitrogens with zero attached hydrogens (tertiary/aromatic N) is 1. The third-order valence-electron chi connectivity index (χ3n) is 2.70. The van der Waals surface area contributed by atoms with Gasteiger partial charge in [-0.1, -0.05) is 24.3 Å². The number of ether oxygens (including phenoxy) is 1. The molecule has 1 heterocycles. The largest absolute Gasteiger partial charge is 0.481 e. The number of carbonyl (C=O) groups excluding carboxylic acids is 1. The monoisotopic (exact) mass is 257 g/mol. The zero-order valence-corrected chi connectivity index (χ0v) is 10.6. The van der Waals surface area contributed by atoms with Crippen molar-refractivity contribution in [3.05, 3.63) is 48.2 Å².